The van der Waals surface area contributed by atoms with Crippen LogP contribution in [-0.2, 0) is 12.8 Å². The fourth-order valence-corrected chi connectivity index (χ4v) is 5.52. The number of aromatic amines is 1. The van der Waals surface area contributed by atoms with Crippen LogP contribution in [0.15, 0.2) is 0 Å². The van der Waals surface area contributed by atoms with E-state index in [0.717, 1.165) is 35.2 Å². The molecule has 1 N–H and O–H groups in total. The van der Waals surface area contributed by atoms with Crippen molar-refractivity contribution in [2.45, 2.75) is 142 Å². The number of nitrogens with one attached hydrogen (secondary N) is 1. The highest BCUT2D eigenvalue weighted by Crippen LogP contribution is 2.20. The summed E-state index contributed by atoms with van der Waals surface area (Å²) in [5.41, 5.74) is 0. The van der Waals surface area contributed by atoms with Crippen LogP contribution < -0.4 is 0 Å². The second-order valence-corrected chi connectivity index (χ2v) is 10.8. The van der Waals surface area contributed by atoms with Crippen molar-refractivity contribution in [1.82, 2.24) is 25.0 Å². The van der Waals surface area contributed by atoms with Gasteiger partial charge in [0, 0.05) is 12.8 Å². The standard InChI is InChI=1S/C26H47N5S2/c1-3-5-7-9-11-13-15-17-19-21-23-27-29-25(32)31(23)26-30-28-24(33-26)22-20-18-16-14-12-10-8-6-4-2/h3-22H2,1-2H3,(H,29,32). The van der Waals surface area contributed by atoms with E-state index in [1.165, 1.54) is 109 Å². The lowest BCUT2D eigenvalue weighted by atomic mass is 10.1. The van der Waals surface area contributed by atoms with Crippen molar-refractivity contribution in [3.05, 3.63) is 15.6 Å². The molecule has 0 amide bonds. The molecule has 188 valence electrons. The summed E-state index contributed by atoms with van der Waals surface area (Å²) in [7, 11) is 0. The molecule has 2 rings (SSSR count). The van der Waals surface area contributed by atoms with Crippen molar-refractivity contribution in [1.29, 1.82) is 0 Å². The van der Waals surface area contributed by atoms with Crippen molar-refractivity contribution in [3.8, 4) is 5.13 Å². The molecule has 0 aromatic carbocycles. The van der Waals surface area contributed by atoms with E-state index in [9.17, 15) is 0 Å². The highest BCUT2D eigenvalue weighted by atomic mass is 32.1. The molecule has 5 nitrogen and oxygen atoms in total. The van der Waals surface area contributed by atoms with Gasteiger partial charge in [-0.25, -0.2) is 4.57 Å². The van der Waals surface area contributed by atoms with E-state index in [-0.39, 0.29) is 0 Å². The molecule has 7 heteroatoms. The molecule has 0 saturated heterocycles. The molecule has 0 radical (unpaired) electrons. The zero-order valence-corrected chi connectivity index (χ0v) is 22.9. The minimum Gasteiger partial charge on any atom is -0.251 e. The maximum Gasteiger partial charge on any atom is 0.220 e. The lowest BCUT2D eigenvalue weighted by Gasteiger charge is -2.03. The summed E-state index contributed by atoms with van der Waals surface area (Å²) in [6.45, 7) is 4.55. The van der Waals surface area contributed by atoms with Gasteiger partial charge in [0.15, 0.2) is 0 Å². The van der Waals surface area contributed by atoms with Crippen molar-refractivity contribution in [3.63, 3.8) is 0 Å². The third kappa shape index (κ3) is 11.7. The van der Waals surface area contributed by atoms with E-state index < -0.39 is 0 Å². The van der Waals surface area contributed by atoms with Crippen LogP contribution in [0.4, 0.5) is 0 Å². The van der Waals surface area contributed by atoms with Crippen LogP contribution >= 0.6 is 23.6 Å². The highest BCUT2D eigenvalue weighted by Gasteiger charge is 2.13. The molecule has 0 bridgehead atoms. The fraction of sp³-hybridized carbons (Fsp3) is 0.846. The van der Waals surface area contributed by atoms with Gasteiger partial charge >= 0.3 is 0 Å². The normalized spacial score (nSPS) is 11.5. The molecular formula is C26H47N5S2. The van der Waals surface area contributed by atoms with Crippen molar-refractivity contribution >= 4 is 23.6 Å². The maximum absolute atomic E-state index is 5.49. The molecule has 0 atom stereocenters. The Balaban J connectivity index is 1.65. The lowest BCUT2D eigenvalue weighted by molar-refractivity contribution is 0.561. The predicted molar refractivity (Wildman–Crippen MR) is 144 cm³/mol. The Bertz CT molecular complexity index is 780. The van der Waals surface area contributed by atoms with Gasteiger partial charge in [-0.3, -0.25) is 5.10 Å². The van der Waals surface area contributed by atoms with Crippen molar-refractivity contribution < 1.29 is 0 Å². The van der Waals surface area contributed by atoms with Crippen LogP contribution in [0, 0.1) is 4.77 Å². The maximum atomic E-state index is 5.49. The number of hydrogen-bond donors (Lipinski definition) is 1. The zero-order valence-electron chi connectivity index (χ0n) is 21.2. The Morgan fingerprint density at radius 2 is 1.15 bits per heavy atom. The average molecular weight is 494 g/mol. The summed E-state index contributed by atoms with van der Waals surface area (Å²) in [6.07, 6.45) is 26.0. The molecule has 0 aliphatic rings. The molecule has 33 heavy (non-hydrogen) atoms. The summed E-state index contributed by atoms with van der Waals surface area (Å²) >= 11 is 7.16. The Morgan fingerprint density at radius 3 is 1.70 bits per heavy atom. The first-order valence-corrected chi connectivity index (χ1v) is 15.0. The number of unbranched alkanes of at least 4 members (excludes halogenated alkanes) is 16. The number of aryl methyl sites for hydroxylation is 2. The third-order valence-corrected chi connectivity index (χ3v) is 7.63. The minimum atomic E-state index is 0.631. The number of H-pyrrole nitrogens is 1. The van der Waals surface area contributed by atoms with Crippen molar-refractivity contribution in [2.75, 3.05) is 0 Å². The van der Waals surface area contributed by atoms with Gasteiger partial charge in [-0.2, -0.15) is 5.10 Å². The van der Waals surface area contributed by atoms with Gasteiger partial charge in [0.1, 0.15) is 10.8 Å². The second kappa shape index (κ2) is 18.3. The molecular weight excluding hydrogens is 446 g/mol. The molecule has 2 aromatic rings. The molecule has 0 unspecified atom stereocenters. The highest BCUT2D eigenvalue weighted by molar-refractivity contribution is 7.71. The first-order valence-electron chi connectivity index (χ1n) is 13.7. The summed E-state index contributed by atoms with van der Waals surface area (Å²) in [5.74, 6) is 0.994. The summed E-state index contributed by atoms with van der Waals surface area (Å²) in [5, 5.41) is 18.3. The van der Waals surface area contributed by atoms with E-state index in [2.05, 4.69) is 34.2 Å². The Kier molecular flexibility index (Phi) is 15.6. The van der Waals surface area contributed by atoms with E-state index in [0.29, 0.717) is 4.77 Å². The van der Waals surface area contributed by atoms with Crippen LogP contribution in [0.3, 0.4) is 0 Å². The molecule has 0 aliphatic carbocycles. The number of hydrogen-bond acceptors (Lipinski definition) is 5. The number of nitrogens with zero attached hydrogens (tertiary/aromatic N) is 4. The SMILES string of the molecule is CCCCCCCCCCCc1nnc(-n2c(CCCCCCCCCCC)n[nH]c2=S)s1. The van der Waals surface area contributed by atoms with Crippen LogP contribution in [0.5, 0.6) is 0 Å². The monoisotopic (exact) mass is 493 g/mol. The molecule has 0 saturated carbocycles. The van der Waals surface area contributed by atoms with E-state index in [1.54, 1.807) is 11.3 Å². The first kappa shape index (κ1) is 28.2. The van der Waals surface area contributed by atoms with Gasteiger partial charge in [-0.1, -0.05) is 128 Å². The number of aromatic nitrogens is 5. The van der Waals surface area contributed by atoms with Gasteiger partial charge in [-0.05, 0) is 25.1 Å². The fourth-order valence-electron chi connectivity index (χ4n) is 4.31. The summed E-state index contributed by atoms with van der Waals surface area (Å²) in [6, 6.07) is 0. The Hall–Kier alpha value is -1.08. The van der Waals surface area contributed by atoms with Gasteiger partial charge in [-0.15, -0.1) is 10.2 Å². The van der Waals surface area contributed by atoms with E-state index in [4.69, 9.17) is 12.2 Å². The molecule has 0 fully saturated rings. The number of rotatable bonds is 21. The Morgan fingerprint density at radius 1 is 0.667 bits per heavy atom. The quantitative estimate of drug-likeness (QED) is 0.139. The Labute approximate surface area is 211 Å². The van der Waals surface area contributed by atoms with Crippen LogP contribution in [0.1, 0.15) is 140 Å². The third-order valence-electron chi connectivity index (χ3n) is 6.39. The average Bonchev–Trinajstić information content (AvgIpc) is 3.43. The van der Waals surface area contributed by atoms with Crippen LogP contribution in [-0.4, -0.2) is 25.0 Å². The second-order valence-electron chi connectivity index (χ2n) is 9.42. The largest absolute Gasteiger partial charge is 0.251 e. The first-order chi connectivity index (χ1) is 16.3. The minimum absolute atomic E-state index is 0.631. The van der Waals surface area contributed by atoms with Gasteiger partial charge in [0.2, 0.25) is 9.90 Å². The van der Waals surface area contributed by atoms with E-state index >= 15 is 0 Å². The van der Waals surface area contributed by atoms with E-state index in [1.807, 2.05) is 4.57 Å². The molecule has 2 aromatic heterocycles. The summed E-state index contributed by atoms with van der Waals surface area (Å²) < 4.78 is 2.63. The van der Waals surface area contributed by atoms with Gasteiger partial charge in [0.05, 0.1) is 0 Å². The van der Waals surface area contributed by atoms with Gasteiger partial charge < -0.3 is 0 Å². The molecule has 0 spiro atoms. The predicted octanol–water partition coefficient (Wildman–Crippen LogP) is 8.93. The van der Waals surface area contributed by atoms with Crippen LogP contribution in [0.2, 0.25) is 0 Å². The van der Waals surface area contributed by atoms with Crippen molar-refractivity contribution in [2.24, 2.45) is 0 Å². The topological polar surface area (TPSA) is 59.4 Å². The summed E-state index contributed by atoms with van der Waals surface area (Å²) in [4.78, 5) is 0. The van der Waals surface area contributed by atoms with Crippen LogP contribution in [0.25, 0.3) is 5.13 Å². The zero-order chi connectivity index (χ0) is 23.6. The lowest BCUT2D eigenvalue weighted by Crippen LogP contribution is -2.01. The molecule has 2 heterocycles. The molecule has 0 aliphatic heterocycles. The smallest absolute Gasteiger partial charge is 0.220 e. The van der Waals surface area contributed by atoms with Gasteiger partial charge in [0.25, 0.3) is 0 Å².